The minimum atomic E-state index is 0.177. The summed E-state index contributed by atoms with van der Waals surface area (Å²) >= 11 is 5.99. The van der Waals surface area contributed by atoms with E-state index in [1.807, 2.05) is 0 Å². The molecule has 3 unspecified atom stereocenters. The Morgan fingerprint density at radius 1 is 1.16 bits per heavy atom. The molecule has 3 nitrogen and oxygen atoms in total. The zero-order valence-corrected chi connectivity index (χ0v) is 12.5. The summed E-state index contributed by atoms with van der Waals surface area (Å²) in [5, 5.41) is 3.18. The zero-order valence-electron chi connectivity index (χ0n) is 11.7. The topological polar surface area (TPSA) is 38.3 Å². The van der Waals surface area contributed by atoms with Gasteiger partial charge in [0.2, 0.25) is 5.91 Å². The van der Waals surface area contributed by atoms with Gasteiger partial charge in [0.15, 0.2) is 0 Å². The van der Waals surface area contributed by atoms with Crippen LogP contribution in [0.3, 0.4) is 0 Å². The Morgan fingerprint density at radius 3 is 2.68 bits per heavy atom. The van der Waals surface area contributed by atoms with E-state index in [0.29, 0.717) is 30.4 Å². The summed E-state index contributed by atoms with van der Waals surface area (Å²) in [5.74, 6) is 1.30. The third-order valence-electron chi connectivity index (χ3n) is 4.42. The lowest BCUT2D eigenvalue weighted by atomic mass is 9.85. The van der Waals surface area contributed by atoms with E-state index in [9.17, 15) is 4.79 Å². The van der Waals surface area contributed by atoms with Gasteiger partial charge in [-0.15, -0.1) is 11.6 Å². The van der Waals surface area contributed by atoms with Crippen molar-refractivity contribution in [3.8, 4) is 0 Å². The molecule has 0 spiro atoms. The van der Waals surface area contributed by atoms with Crippen LogP contribution in [0, 0.1) is 5.92 Å². The van der Waals surface area contributed by atoms with Crippen molar-refractivity contribution in [1.29, 1.82) is 0 Å². The molecule has 0 bridgehead atoms. The van der Waals surface area contributed by atoms with Crippen molar-refractivity contribution >= 4 is 17.5 Å². The highest BCUT2D eigenvalue weighted by molar-refractivity contribution is 6.18. The predicted octanol–water partition coefficient (Wildman–Crippen LogP) is 3.25. The van der Waals surface area contributed by atoms with E-state index in [1.54, 1.807) is 0 Å². The molecule has 0 radical (unpaired) electrons. The third kappa shape index (κ3) is 4.96. The summed E-state index contributed by atoms with van der Waals surface area (Å²) in [6.45, 7) is 0.864. The lowest BCUT2D eigenvalue weighted by Crippen LogP contribution is -2.43. The largest absolute Gasteiger partial charge is 0.378 e. The number of halogens is 1. The molecule has 0 aromatic rings. The van der Waals surface area contributed by atoms with Crippen molar-refractivity contribution in [1.82, 2.24) is 5.32 Å². The number of amides is 1. The maximum atomic E-state index is 12.0. The number of nitrogens with one attached hydrogen (secondary N) is 1. The summed E-state index contributed by atoms with van der Waals surface area (Å²) < 4.78 is 5.66. The standard InChI is InChI=1S/C15H26ClNO2/c16-11-12-5-1-2-7-14(12)17-15(18)9-8-13-6-3-4-10-19-13/h12-14H,1-11H2,(H,17,18). The molecular formula is C15H26ClNO2. The zero-order chi connectivity index (χ0) is 13.5. The lowest BCUT2D eigenvalue weighted by molar-refractivity contribution is -0.123. The Morgan fingerprint density at radius 2 is 1.95 bits per heavy atom. The van der Waals surface area contributed by atoms with Gasteiger partial charge in [0, 0.05) is 24.9 Å². The molecule has 1 N–H and O–H groups in total. The summed E-state index contributed by atoms with van der Waals surface area (Å²) in [5.41, 5.74) is 0. The number of ether oxygens (including phenoxy) is 1. The Bertz CT molecular complexity index is 279. The first-order valence-electron chi connectivity index (χ1n) is 7.76. The molecule has 1 saturated carbocycles. The second-order valence-corrected chi connectivity index (χ2v) is 6.21. The summed E-state index contributed by atoms with van der Waals surface area (Å²) in [4.78, 5) is 12.0. The minimum Gasteiger partial charge on any atom is -0.378 e. The van der Waals surface area contributed by atoms with E-state index in [0.717, 1.165) is 32.3 Å². The van der Waals surface area contributed by atoms with Crippen LogP contribution in [0.4, 0.5) is 0 Å². The van der Waals surface area contributed by atoms with Gasteiger partial charge in [-0.2, -0.15) is 0 Å². The molecule has 0 aromatic carbocycles. The van der Waals surface area contributed by atoms with Gasteiger partial charge in [-0.25, -0.2) is 0 Å². The van der Waals surface area contributed by atoms with Crippen molar-refractivity contribution in [3.63, 3.8) is 0 Å². The Balaban J connectivity index is 1.67. The molecular weight excluding hydrogens is 262 g/mol. The monoisotopic (exact) mass is 287 g/mol. The van der Waals surface area contributed by atoms with E-state index in [1.165, 1.54) is 25.7 Å². The second kappa shape index (κ2) is 8.11. The quantitative estimate of drug-likeness (QED) is 0.788. The number of hydrogen-bond donors (Lipinski definition) is 1. The minimum absolute atomic E-state index is 0.177. The second-order valence-electron chi connectivity index (χ2n) is 5.90. The Kier molecular flexibility index (Phi) is 6.45. The van der Waals surface area contributed by atoms with Crippen LogP contribution in [0.2, 0.25) is 0 Å². The van der Waals surface area contributed by atoms with Crippen LogP contribution in [0.25, 0.3) is 0 Å². The number of hydrogen-bond acceptors (Lipinski definition) is 2. The van der Waals surface area contributed by atoms with Crippen molar-refractivity contribution in [2.75, 3.05) is 12.5 Å². The van der Waals surface area contributed by atoms with E-state index >= 15 is 0 Å². The van der Waals surface area contributed by atoms with Crippen LogP contribution < -0.4 is 5.32 Å². The van der Waals surface area contributed by atoms with Gasteiger partial charge >= 0.3 is 0 Å². The SMILES string of the molecule is O=C(CCC1CCCCO1)NC1CCCCC1CCl. The van der Waals surface area contributed by atoms with Crippen molar-refractivity contribution in [2.45, 2.75) is 69.9 Å². The first-order chi connectivity index (χ1) is 9.29. The molecule has 1 aliphatic carbocycles. The van der Waals surface area contributed by atoms with Gasteiger partial charge in [-0.05, 0) is 44.4 Å². The Hall–Kier alpha value is -0.280. The normalized spacial score (nSPS) is 31.9. The highest BCUT2D eigenvalue weighted by atomic mass is 35.5. The molecule has 4 heteroatoms. The van der Waals surface area contributed by atoms with E-state index in [-0.39, 0.29) is 5.91 Å². The molecule has 1 amide bonds. The Labute approximate surface area is 121 Å². The van der Waals surface area contributed by atoms with Gasteiger partial charge < -0.3 is 10.1 Å². The fraction of sp³-hybridized carbons (Fsp3) is 0.933. The first-order valence-corrected chi connectivity index (χ1v) is 8.30. The smallest absolute Gasteiger partial charge is 0.220 e. The highest BCUT2D eigenvalue weighted by Gasteiger charge is 2.26. The van der Waals surface area contributed by atoms with Crippen LogP contribution >= 0.6 is 11.6 Å². The molecule has 110 valence electrons. The van der Waals surface area contributed by atoms with Gasteiger partial charge in [-0.1, -0.05) is 12.8 Å². The summed E-state index contributed by atoms with van der Waals surface area (Å²) in [6, 6.07) is 0.297. The molecule has 2 fully saturated rings. The van der Waals surface area contributed by atoms with Crippen molar-refractivity contribution in [2.24, 2.45) is 5.92 Å². The van der Waals surface area contributed by atoms with Crippen LogP contribution in [0.5, 0.6) is 0 Å². The number of carbonyl (C=O) groups excluding carboxylic acids is 1. The van der Waals surface area contributed by atoms with Gasteiger partial charge in [0.1, 0.15) is 0 Å². The molecule has 0 aromatic heterocycles. The third-order valence-corrected chi connectivity index (χ3v) is 4.82. The van der Waals surface area contributed by atoms with Crippen LogP contribution in [-0.4, -0.2) is 30.5 Å². The fourth-order valence-electron chi connectivity index (χ4n) is 3.19. The van der Waals surface area contributed by atoms with Gasteiger partial charge in [0.05, 0.1) is 6.10 Å². The van der Waals surface area contributed by atoms with E-state index in [4.69, 9.17) is 16.3 Å². The average molecular weight is 288 g/mol. The molecule has 2 aliphatic rings. The maximum Gasteiger partial charge on any atom is 0.220 e. The van der Waals surface area contributed by atoms with Gasteiger partial charge in [0.25, 0.3) is 0 Å². The van der Waals surface area contributed by atoms with Crippen molar-refractivity contribution < 1.29 is 9.53 Å². The molecule has 1 aliphatic heterocycles. The molecule has 2 rings (SSSR count). The summed E-state index contributed by atoms with van der Waals surface area (Å²) in [7, 11) is 0. The number of carbonyl (C=O) groups is 1. The van der Waals surface area contributed by atoms with E-state index < -0.39 is 0 Å². The average Bonchev–Trinajstić information content (AvgIpc) is 2.47. The molecule has 19 heavy (non-hydrogen) atoms. The molecule has 1 heterocycles. The van der Waals surface area contributed by atoms with Crippen LogP contribution in [-0.2, 0) is 9.53 Å². The van der Waals surface area contributed by atoms with Crippen molar-refractivity contribution in [3.05, 3.63) is 0 Å². The van der Waals surface area contributed by atoms with Crippen LogP contribution in [0.15, 0.2) is 0 Å². The molecule has 1 saturated heterocycles. The predicted molar refractivity (Wildman–Crippen MR) is 77.4 cm³/mol. The number of rotatable bonds is 5. The lowest BCUT2D eigenvalue weighted by Gasteiger charge is -2.31. The number of alkyl halides is 1. The fourth-order valence-corrected chi connectivity index (χ4v) is 3.56. The molecule has 3 atom stereocenters. The first kappa shape index (κ1) is 15.1. The summed E-state index contributed by atoms with van der Waals surface area (Å²) in [6.07, 6.45) is 9.98. The van der Waals surface area contributed by atoms with Gasteiger partial charge in [-0.3, -0.25) is 4.79 Å². The van der Waals surface area contributed by atoms with Crippen LogP contribution in [0.1, 0.15) is 57.8 Å². The highest BCUT2D eigenvalue weighted by Crippen LogP contribution is 2.25. The maximum absolute atomic E-state index is 12.0. The van der Waals surface area contributed by atoms with E-state index in [2.05, 4.69) is 5.32 Å².